The van der Waals surface area contributed by atoms with Crippen LogP contribution in [0.5, 0.6) is 0 Å². The number of rotatable bonds is 4. The van der Waals surface area contributed by atoms with Gasteiger partial charge in [0.1, 0.15) is 5.69 Å². The molecule has 0 atom stereocenters. The molecule has 1 N–H and O–H groups in total. The van der Waals surface area contributed by atoms with Crippen molar-refractivity contribution in [1.29, 1.82) is 0 Å². The first kappa shape index (κ1) is 9.71. The van der Waals surface area contributed by atoms with Crippen LogP contribution in [0, 0.1) is 0 Å². The molecule has 0 radical (unpaired) electrons. The highest BCUT2D eigenvalue weighted by Gasteiger charge is 2.07. The fraction of sp³-hybridized carbons (Fsp3) is 0.273. The zero-order chi connectivity index (χ0) is 10.5. The Labute approximate surface area is 88.4 Å². The normalized spacial score (nSPS) is 10.2. The van der Waals surface area contributed by atoms with Crippen molar-refractivity contribution in [3.05, 3.63) is 31.0 Å². The quantitative estimate of drug-likeness (QED) is 0.829. The van der Waals surface area contributed by atoms with Crippen LogP contribution in [0.15, 0.2) is 35.4 Å². The molecule has 0 amide bonds. The maximum atomic E-state index is 5.03. The molecule has 0 bridgehead atoms. The zero-order valence-electron chi connectivity index (χ0n) is 8.60. The molecule has 0 aliphatic rings. The number of nitrogens with one attached hydrogen (secondary N) is 1. The Balaban J connectivity index is 2.30. The molecule has 0 aliphatic heterocycles. The van der Waals surface area contributed by atoms with Crippen molar-refractivity contribution in [2.75, 3.05) is 11.9 Å². The van der Waals surface area contributed by atoms with Crippen molar-refractivity contribution < 1.29 is 4.42 Å². The standard InChI is InChI=1S/C11H13N3O/c1-2-4-13-11-10(12-5-6-14-11)9-3-7-15-8-9/h3,5-8H,2,4H2,1H3,(H,13,14). The minimum absolute atomic E-state index is 0.806. The summed E-state index contributed by atoms with van der Waals surface area (Å²) in [5, 5.41) is 3.24. The maximum Gasteiger partial charge on any atom is 0.152 e. The van der Waals surface area contributed by atoms with Crippen LogP contribution >= 0.6 is 0 Å². The summed E-state index contributed by atoms with van der Waals surface area (Å²) in [7, 11) is 0. The van der Waals surface area contributed by atoms with Gasteiger partial charge >= 0.3 is 0 Å². The van der Waals surface area contributed by atoms with Crippen LogP contribution in [0.3, 0.4) is 0 Å². The number of hydrogen-bond donors (Lipinski definition) is 1. The third-order valence-electron chi connectivity index (χ3n) is 2.04. The summed E-state index contributed by atoms with van der Waals surface area (Å²) in [6.45, 7) is 3.00. The van der Waals surface area contributed by atoms with E-state index in [0.717, 1.165) is 30.0 Å². The molecule has 0 saturated heterocycles. The van der Waals surface area contributed by atoms with Crippen molar-refractivity contribution in [3.8, 4) is 11.3 Å². The van der Waals surface area contributed by atoms with Crippen molar-refractivity contribution in [1.82, 2.24) is 9.97 Å². The molecule has 0 aliphatic carbocycles. The van der Waals surface area contributed by atoms with Crippen LogP contribution in [-0.2, 0) is 0 Å². The molecule has 0 fully saturated rings. The van der Waals surface area contributed by atoms with E-state index in [-0.39, 0.29) is 0 Å². The summed E-state index contributed by atoms with van der Waals surface area (Å²) in [4.78, 5) is 8.55. The molecular formula is C11H13N3O. The summed E-state index contributed by atoms with van der Waals surface area (Å²) in [6.07, 6.45) is 7.72. The van der Waals surface area contributed by atoms with Gasteiger partial charge in [0.2, 0.25) is 0 Å². The maximum absolute atomic E-state index is 5.03. The highest BCUT2D eigenvalue weighted by Crippen LogP contribution is 2.23. The Hall–Kier alpha value is -1.84. The smallest absolute Gasteiger partial charge is 0.152 e. The molecule has 0 aromatic carbocycles. The second-order valence-corrected chi connectivity index (χ2v) is 3.19. The van der Waals surface area contributed by atoms with Gasteiger partial charge in [-0.1, -0.05) is 6.92 Å². The molecule has 4 nitrogen and oxygen atoms in total. The predicted molar refractivity (Wildman–Crippen MR) is 58.5 cm³/mol. The largest absolute Gasteiger partial charge is 0.472 e. The molecule has 0 saturated carbocycles. The zero-order valence-corrected chi connectivity index (χ0v) is 8.60. The van der Waals surface area contributed by atoms with Gasteiger partial charge in [0.05, 0.1) is 12.5 Å². The number of aromatic nitrogens is 2. The van der Waals surface area contributed by atoms with Crippen LogP contribution in [0.25, 0.3) is 11.3 Å². The first-order valence-electron chi connectivity index (χ1n) is 4.99. The summed E-state index contributed by atoms with van der Waals surface area (Å²) in [5.74, 6) is 0.806. The van der Waals surface area contributed by atoms with Gasteiger partial charge in [0, 0.05) is 24.5 Å². The van der Waals surface area contributed by atoms with Gasteiger partial charge in [-0.2, -0.15) is 0 Å². The fourth-order valence-corrected chi connectivity index (χ4v) is 1.32. The van der Waals surface area contributed by atoms with E-state index in [1.165, 1.54) is 0 Å². The minimum Gasteiger partial charge on any atom is -0.472 e. The van der Waals surface area contributed by atoms with Crippen molar-refractivity contribution in [3.63, 3.8) is 0 Å². The van der Waals surface area contributed by atoms with Gasteiger partial charge in [0.15, 0.2) is 5.82 Å². The van der Waals surface area contributed by atoms with Gasteiger partial charge in [0.25, 0.3) is 0 Å². The van der Waals surface area contributed by atoms with Gasteiger partial charge in [-0.25, -0.2) is 4.98 Å². The molecular weight excluding hydrogens is 190 g/mol. The lowest BCUT2D eigenvalue weighted by atomic mass is 10.2. The molecule has 0 spiro atoms. The highest BCUT2D eigenvalue weighted by atomic mass is 16.3. The van der Waals surface area contributed by atoms with E-state index >= 15 is 0 Å². The lowest BCUT2D eigenvalue weighted by Crippen LogP contribution is -2.04. The Bertz CT molecular complexity index is 412. The molecule has 15 heavy (non-hydrogen) atoms. The van der Waals surface area contributed by atoms with E-state index in [1.807, 2.05) is 6.07 Å². The van der Waals surface area contributed by atoms with Gasteiger partial charge in [-0.3, -0.25) is 4.98 Å². The highest BCUT2D eigenvalue weighted by molar-refractivity contribution is 5.69. The van der Waals surface area contributed by atoms with Crippen molar-refractivity contribution in [2.45, 2.75) is 13.3 Å². The number of hydrogen-bond acceptors (Lipinski definition) is 4. The Morgan fingerprint density at radius 2 is 2.20 bits per heavy atom. The van der Waals surface area contributed by atoms with Gasteiger partial charge < -0.3 is 9.73 Å². The van der Waals surface area contributed by atoms with Gasteiger partial charge in [-0.15, -0.1) is 0 Å². The van der Waals surface area contributed by atoms with E-state index < -0.39 is 0 Å². The van der Waals surface area contributed by atoms with E-state index in [9.17, 15) is 0 Å². The third-order valence-corrected chi connectivity index (χ3v) is 2.04. The van der Waals surface area contributed by atoms with Crippen LogP contribution in [0.2, 0.25) is 0 Å². The van der Waals surface area contributed by atoms with Crippen molar-refractivity contribution in [2.24, 2.45) is 0 Å². The minimum atomic E-state index is 0.806. The van der Waals surface area contributed by atoms with Crippen LogP contribution in [-0.4, -0.2) is 16.5 Å². The van der Waals surface area contributed by atoms with Crippen LogP contribution < -0.4 is 5.32 Å². The lowest BCUT2D eigenvalue weighted by Gasteiger charge is -2.06. The summed E-state index contributed by atoms with van der Waals surface area (Å²) in [5.41, 5.74) is 1.78. The monoisotopic (exact) mass is 203 g/mol. The Morgan fingerprint density at radius 1 is 1.33 bits per heavy atom. The molecule has 4 heteroatoms. The Kier molecular flexibility index (Phi) is 2.97. The van der Waals surface area contributed by atoms with Crippen LogP contribution in [0.1, 0.15) is 13.3 Å². The average molecular weight is 203 g/mol. The van der Waals surface area contributed by atoms with Crippen LogP contribution in [0.4, 0.5) is 5.82 Å². The first-order chi connectivity index (χ1) is 7.42. The second kappa shape index (κ2) is 4.59. The van der Waals surface area contributed by atoms with Gasteiger partial charge in [-0.05, 0) is 12.5 Å². The summed E-state index contributed by atoms with van der Waals surface area (Å²) >= 11 is 0. The van der Waals surface area contributed by atoms with E-state index in [0.29, 0.717) is 0 Å². The van der Waals surface area contributed by atoms with E-state index in [1.54, 1.807) is 24.9 Å². The summed E-state index contributed by atoms with van der Waals surface area (Å²) in [6, 6.07) is 1.88. The number of furan rings is 1. The number of nitrogens with zero attached hydrogens (tertiary/aromatic N) is 2. The van der Waals surface area contributed by atoms with Crippen molar-refractivity contribution >= 4 is 5.82 Å². The summed E-state index contributed by atoms with van der Waals surface area (Å²) < 4.78 is 5.03. The lowest BCUT2D eigenvalue weighted by molar-refractivity contribution is 0.568. The fourth-order valence-electron chi connectivity index (χ4n) is 1.32. The molecule has 2 rings (SSSR count). The second-order valence-electron chi connectivity index (χ2n) is 3.19. The third kappa shape index (κ3) is 2.15. The van der Waals surface area contributed by atoms with E-state index in [4.69, 9.17) is 4.42 Å². The molecule has 0 unspecified atom stereocenters. The SMILES string of the molecule is CCCNc1nccnc1-c1ccoc1. The predicted octanol–water partition coefficient (Wildman–Crippen LogP) is 2.56. The topological polar surface area (TPSA) is 51.0 Å². The number of anilines is 1. The molecule has 2 heterocycles. The Morgan fingerprint density at radius 3 is 2.93 bits per heavy atom. The molecule has 78 valence electrons. The first-order valence-corrected chi connectivity index (χ1v) is 4.99. The van der Waals surface area contributed by atoms with E-state index in [2.05, 4.69) is 22.2 Å². The molecule has 2 aromatic rings. The average Bonchev–Trinajstić information content (AvgIpc) is 2.80. The molecule has 2 aromatic heterocycles.